The summed E-state index contributed by atoms with van der Waals surface area (Å²) >= 11 is 0. The van der Waals surface area contributed by atoms with Crippen LogP contribution in [-0.4, -0.2) is 18.5 Å². The van der Waals surface area contributed by atoms with E-state index in [-0.39, 0.29) is 11.8 Å². The van der Waals surface area contributed by atoms with Gasteiger partial charge in [-0.1, -0.05) is 30.3 Å². The first kappa shape index (κ1) is 14.1. The van der Waals surface area contributed by atoms with Crippen LogP contribution in [0.4, 0.5) is 0 Å². The highest BCUT2D eigenvalue weighted by Crippen LogP contribution is 2.23. The Labute approximate surface area is 115 Å². The molecule has 0 heterocycles. The molecule has 3 N–H and O–H groups in total. The summed E-state index contributed by atoms with van der Waals surface area (Å²) in [5.74, 6) is 0.413. The van der Waals surface area contributed by atoms with Crippen molar-refractivity contribution < 1.29 is 4.79 Å². The fraction of sp³-hybridized carbons (Fsp3) is 0.562. The topological polar surface area (TPSA) is 55.1 Å². The van der Waals surface area contributed by atoms with Gasteiger partial charge in [-0.3, -0.25) is 4.79 Å². The van der Waals surface area contributed by atoms with Crippen molar-refractivity contribution in [2.45, 2.75) is 44.6 Å². The molecule has 1 aromatic rings. The monoisotopic (exact) mass is 260 g/mol. The van der Waals surface area contributed by atoms with Crippen molar-refractivity contribution in [3.8, 4) is 0 Å². The van der Waals surface area contributed by atoms with Gasteiger partial charge in [0.05, 0.1) is 0 Å². The molecular weight excluding hydrogens is 236 g/mol. The minimum Gasteiger partial charge on any atom is -0.356 e. The van der Waals surface area contributed by atoms with Crippen LogP contribution < -0.4 is 11.1 Å². The summed E-state index contributed by atoms with van der Waals surface area (Å²) in [7, 11) is 0. The molecule has 1 saturated carbocycles. The van der Waals surface area contributed by atoms with E-state index in [1.165, 1.54) is 5.56 Å². The second-order valence-corrected chi connectivity index (χ2v) is 5.49. The summed E-state index contributed by atoms with van der Waals surface area (Å²) < 4.78 is 0. The number of carbonyl (C=O) groups is 1. The van der Waals surface area contributed by atoms with Crippen molar-refractivity contribution in [2.75, 3.05) is 6.54 Å². The van der Waals surface area contributed by atoms with Gasteiger partial charge in [0.25, 0.3) is 0 Å². The molecule has 0 aromatic heterocycles. The van der Waals surface area contributed by atoms with Gasteiger partial charge in [-0.05, 0) is 44.1 Å². The van der Waals surface area contributed by atoms with Crippen molar-refractivity contribution in [3.05, 3.63) is 35.9 Å². The summed E-state index contributed by atoms with van der Waals surface area (Å²) in [6, 6.07) is 10.7. The smallest absolute Gasteiger partial charge is 0.223 e. The Morgan fingerprint density at radius 1 is 1.16 bits per heavy atom. The molecule has 104 valence electrons. The number of hydrogen-bond acceptors (Lipinski definition) is 2. The van der Waals surface area contributed by atoms with Gasteiger partial charge in [0.2, 0.25) is 5.91 Å². The lowest BCUT2D eigenvalue weighted by molar-refractivity contribution is -0.125. The summed E-state index contributed by atoms with van der Waals surface area (Å²) in [4.78, 5) is 12.0. The zero-order chi connectivity index (χ0) is 13.5. The molecule has 1 fully saturated rings. The second-order valence-electron chi connectivity index (χ2n) is 5.49. The van der Waals surface area contributed by atoms with Gasteiger partial charge in [-0.2, -0.15) is 0 Å². The Bertz CT molecular complexity index is 383. The minimum atomic E-state index is 0.191. The third-order valence-corrected chi connectivity index (χ3v) is 3.93. The zero-order valence-electron chi connectivity index (χ0n) is 11.5. The van der Waals surface area contributed by atoms with Crippen LogP contribution >= 0.6 is 0 Å². The van der Waals surface area contributed by atoms with E-state index in [4.69, 9.17) is 5.73 Å². The van der Waals surface area contributed by atoms with Gasteiger partial charge in [0.1, 0.15) is 0 Å². The third-order valence-electron chi connectivity index (χ3n) is 3.93. The van der Waals surface area contributed by atoms with E-state index < -0.39 is 0 Å². The molecule has 1 amide bonds. The number of amides is 1. The molecule has 0 bridgehead atoms. The molecule has 0 atom stereocenters. The quantitative estimate of drug-likeness (QED) is 0.798. The molecule has 1 aliphatic rings. The molecule has 0 unspecified atom stereocenters. The van der Waals surface area contributed by atoms with Gasteiger partial charge < -0.3 is 11.1 Å². The highest BCUT2D eigenvalue weighted by molar-refractivity contribution is 5.78. The molecule has 1 aromatic carbocycles. The first-order valence-electron chi connectivity index (χ1n) is 7.33. The molecule has 0 spiro atoms. The lowest BCUT2D eigenvalue weighted by Gasteiger charge is -2.25. The van der Waals surface area contributed by atoms with Crippen molar-refractivity contribution in [2.24, 2.45) is 11.7 Å². The Morgan fingerprint density at radius 2 is 1.84 bits per heavy atom. The van der Waals surface area contributed by atoms with E-state index in [2.05, 4.69) is 29.6 Å². The van der Waals surface area contributed by atoms with Crippen LogP contribution in [-0.2, 0) is 11.2 Å². The van der Waals surface area contributed by atoms with Gasteiger partial charge in [-0.15, -0.1) is 0 Å². The molecule has 0 aliphatic heterocycles. The van der Waals surface area contributed by atoms with Crippen LogP contribution in [0, 0.1) is 5.92 Å². The molecular formula is C16H24N2O. The van der Waals surface area contributed by atoms with Gasteiger partial charge in [-0.25, -0.2) is 0 Å². The van der Waals surface area contributed by atoms with Crippen molar-refractivity contribution >= 4 is 5.91 Å². The maximum atomic E-state index is 12.0. The molecule has 0 saturated heterocycles. The minimum absolute atomic E-state index is 0.191. The van der Waals surface area contributed by atoms with Crippen molar-refractivity contribution in [1.29, 1.82) is 0 Å². The highest BCUT2D eigenvalue weighted by Gasteiger charge is 2.23. The Morgan fingerprint density at radius 3 is 2.53 bits per heavy atom. The SMILES string of the molecule is NC1CCC(C(=O)NCCCc2ccccc2)CC1. The molecule has 2 rings (SSSR count). The molecule has 1 aliphatic carbocycles. The zero-order valence-corrected chi connectivity index (χ0v) is 11.5. The summed E-state index contributed by atoms with van der Waals surface area (Å²) in [5.41, 5.74) is 7.19. The van der Waals surface area contributed by atoms with Crippen LogP contribution in [0.25, 0.3) is 0 Å². The van der Waals surface area contributed by atoms with Crippen LogP contribution in [0.15, 0.2) is 30.3 Å². The standard InChI is InChI=1S/C16H24N2O/c17-15-10-8-14(9-11-15)16(19)18-12-4-7-13-5-2-1-3-6-13/h1-3,5-6,14-15H,4,7-12,17H2,(H,18,19). The fourth-order valence-corrected chi connectivity index (χ4v) is 2.67. The predicted octanol–water partition coefficient (Wildman–Crippen LogP) is 2.25. The summed E-state index contributed by atoms with van der Waals surface area (Å²) in [6.07, 6.45) is 5.90. The molecule has 19 heavy (non-hydrogen) atoms. The maximum Gasteiger partial charge on any atom is 0.223 e. The molecule has 3 heteroatoms. The van der Waals surface area contributed by atoms with E-state index in [1.54, 1.807) is 0 Å². The summed E-state index contributed by atoms with van der Waals surface area (Å²) in [5, 5.41) is 3.06. The first-order valence-corrected chi connectivity index (χ1v) is 7.33. The Kier molecular flexibility index (Phi) is 5.40. The Hall–Kier alpha value is -1.35. The third kappa shape index (κ3) is 4.67. The van der Waals surface area contributed by atoms with Gasteiger partial charge in [0.15, 0.2) is 0 Å². The number of rotatable bonds is 5. The molecule has 3 nitrogen and oxygen atoms in total. The highest BCUT2D eigenvalue weighted by atomic mass is 16.1. The Balaban J connectivity index is 1.61. The number of benzene rings is 1. The van der Waals surface area contributed by atoms with Crippen molar-refractivity contribution in [1.82, 2.24) is 5.32 Å². The lowest BCUT2D eigenvalue weighted by atomic mass is 9.86. The van der Waals surface area contributed by atoms with E-state index in [9.17, 15) is 4.79 Å². The largest absolute Gasteiger partial charge is 0.356 e. The number of nitrogens with two attached hydrogens (primary N) is 1. The van der Waals surface area contributed by atoms with E-state index >= 15 is 0 Å². The number of nitrogens with one attached hydrogen (secondary N) is 1. The first-order chi connectivity index (χ1) is 9.25. The maximum absolute atomic E-state index is 12.0. The van der Waals surface area contributed by atoms with Crippen LogP contribution in [0.5, 0.6) is 0 Å². The van der Waals surface area contributed by atoms with E-state index in [0.717, 1.165) is 45.1 Å². The van der Waals surface area contributed by atoms with E-state index in [1.807, 2.05) is 6.07 Å². The lowest BCUT2D eigenvalue weighted by Crippen LogP contribution is -2.36. The van der Waals surface area contributed by atoms with Crippen LogP contribution in [0.1, 0.15) is 37.7 Å². The van der Waals surface area contributed by atoms with E-state index in [0.29, 0.717) is 6.04 Å². The van der Waals surface area contributed by atoms with Gasteiger partial charge >= 0.3 is 0 Å². The molecule has 0 radical (unpaired) electrons. The fourth-order valence-electron chi connectivity index (χ4n) is 2.67. The second kappa shape index (κ2) is 7.29. The average Bonchev–Trinajstić information content (AvgIpc) is 2.45. The van der Waals surface area contributed by atoms with Crippen LogP contribution in [0.2, 0.25) is 0 Å². The number of aryl methyl sites for hydroxylation is 1. The summed E-state index contributed by atoms with van der Waals surface area (Å²) in [6.45, 7) is 0.774. The van der Waals surface area contributed by atoms with Gasteiger partial charge in [0, 0.05) is 18.5 Å². The number of carbonyl (C=O) groups excluding carboxylic acids is 1. The van der Waals surface area contributed by atoms with Crippen LogP contribution in [0.3, 0.4) is 0 Å². The van der Waals surface area contributed by atoms with Crippen molar-refractivity contribution in [3.63, 3.8) is 0 Å². The predicted molar refractivity (Wildman–Crippen MR) is 77.7 cm³/mol. The number of hydrogen-bond donors (Lipinski definition) is 2. The average molecular weight is 260 g/mol. The normalized spacial score (nSPS) is 23.0.